The van der Waals surface area contributed by atoms with Gasteiger partial charge < -0.3 is 15.0 Å². The third-order valence-electron chi connectivity index (χ3n) is 5.19. The number of anilines is 3. The monoisotopic (exact) mass is 475 g/mol. The standard InChI is InChI=1S/C23H21F4N5O2/c24-18-14-29-21(31-22(18)32-8-10-34-11-9-32)7-6-20(33)19-5-4-17(13-28-19)30-16-3-1-2-15(12-16)23(25,26)27/h1-5,12-14,30H,6-11H2. The molecule has 0 bridgehead atoms. The van der Waals surface area contributed by atoms with E-state index in [2.05, 4.69) is 20.3 Å². The minimum atomic E-state index is -4.44. The molecule has 0 saturated carbocycles. The number of benzene rings is 1. The van der Waals surface area contributed by atoms with Crippen LogP contribution in [0.3, 0.4) is 0 Å². The number of rotatable bonds is 7. The fourth-order valence-electron chi connectivity index (χ4n) is 3.44. The molecule has 0 atom stereocenters. The van der Waals surface area contributed by atoms with E-state index in [-0.39, 0.29) is 35.8 Å². The number of carbonyl (C=O) groups excluding carboxylic acids is 1. The number of Topliss-reactive ketones (excluding diaryl/α,β-unsaturated/α-hetero) is 1. The predicted octanol–water partition coefficient (Wildman–Crippen LogP) is 4.43. The molecule has 3 heterocycles. The van der Waals surface area contributed by atoms with Gasteiger partial charge in [0.05, 0.1) is 36.9 Å². The Labute approximate surface area is 192 Å². The topological polar surface area (TPSA) is 80.2 Å². The number of carbonyl (C=O) groups is 1. The third-order valence-corrected chi connectivity index (χ3v) is 5.19. The minimum Gasteiger partial charge on any atom is -0.378 e. The maximum absolute atomic E-state index is 14.1. The molecule has 0 spiro atoms. The van der Waals surface area contributed by atoms with Crippen molar-refractivity contribution < 1.29 is 27.1 Å². The highest BCUT2D eigenvalue weighted by molar-refractivity contribution is 5.94. The number of pyridine rings is 1. The number of ether oxygens (including phenoxy) is 1. The highest BCUT2D eigenvalue weighted by atomic mass is 19.4. The molecule has 1 fully saturated rings. The molecule has 1 aromatic carbocycles. The lowest BCUT2D eigenvalue weighted by atomic mass is 10.1. The summed E-state index contributed by atoms with van der Waals surface area (Å²) >= 11 is 0. The van der Waals surface area contributed by atoms with Crippen LogP contribution >= 0.6 is 0 Å². The summed E-state index contributed by atoms with van der Waals surface area (Å²) in [6, 6.07) is 7.84. The number of aryl methyl sites for hydroxylation is 1. The van der Waals surface area contributed by atoms with Gasteiger partial charge in [-0.05, 0) is 30.3 Å². The molecule has 2 aromatic heterocycles. The van der Waals surface area contributed by atoms with Crippen LogP contribution in [-0.2, 0) is 17.3 Å². The molecule has 7 nitrogen and oxygen atoms in total. The Bertz CT molecular complexity index is 1150. The van der Waals surface area contributed by atoms with E-state index in [1.807, 2.05) is 0 Å². The van der Waals surface area contributed by atoms with Crippen LogP contribution in [0.2, 0.25) is 0 Å². The maximum atomic E-state index is 14.1. The highest BCUT2D eigenvalue weighted by Crippen LogP contribution is 2.31. The Morgan fingerprint density at radius 1 is 1.06 bits per heavy atom. The lowest BCUT2D eigenvalue weighted by Gasteiger charge is -2.28. The van der Waals surface area contributed by atoms with E-state index in [1.54, 1.807) is 11.0 Å². The van der Waals surface area contributed by atoms with Gasteiger partial charge in [0.25, 0.3) is 0 Å². The van der Waals surface area contributed by atoms with Gasteiger partial charge in [-0.15, -0.1) is 0 Å². The maximum Gasteiger partial charge on any atom is 0.416 e. The first-order valence-corrected chi connectivity index (χ1v) is 10.6. The number of halogens is 4. The van der Waals surface area contributed by atoms with Crippen molar-refractivity contribution in [1.29, 1.82) is 0 Å². The van der Waals surface area contributed by atoms with Gasteiger partial charge in [-0.3, -0.25) is 9.78 Å². The van der Waals surface area contributed by atoms with Crippen LogP contribution in [0.25, 0.3) is 0 Å². The Morgan fingerprint density at radius 3 is 2.56 bits per heavy atom. The number of morpholine rings is 1. The van der Waals surface area contributed by atoms with Crippen LogP contribution in [0.5, 0.6) is 0 Å². The minimum absolute atomic E-state index is 0.0710. The predicted molar refractivity (Wildman–Crippen MR) is 117 cm³/mol. The Hall–Kier alpha value is -3.60. The molecule has 0 amide bonds. The van der Waals surface area contributed by atoms with E-state index in [9.17, 15) is 22.4 Å². The van der Waals surface area contributed by atoms with Crippen LogP contribution in [-0.4, -0.2) is 47.0 Å². The first-order valence-electron chi connectivity index (χ1n) is 10.6. The van der Waals surface area contributed by atoms with Crippen molar-refractivity contribution in [3.8, 4) is 0 Å². The zero-order valence-corrected chi connectivity index (χ0v) is 18.0. The van der Waals surface area contributed by atoms with Crippen LogP contribution in [0.4, 0.5) is 34.8 Å². The van der Waals surface area contributed by atoms with E-state index >= 15 is 0 Å². The molecule has 0 unspecified atom stereocenters. The number of aromatic nitrogens is 3. The van der Waals surface area contributed by atoms with E-state index < -0.39 is 17.6 Å². The van der Waals surface area contributed by atoms with Crippen molar-refractivity contribution >= 4 is 23.0 Å². The average molecular weight is 475 g/mol. The molecule has 1 saturated heterocycles. The fraction of sp³-hybridized carbons (Fsp3) is 0.304. The van der Waals surface area contributed by atoms with Gasteiger partial charge in [-0.1, -0.05) is 6.07 Å². The van der Waals surface area contributed by atoms with E-state index in [0.717, 1.165) is 18.3 Å². The molecule has 0 aliphatic carbocycles. The van der Waals surface area contributed by atoms with E-state index in [1.165, 1.54) is 24.4 Å². The number of ketones is 1. The van der Waals surface area contributed by atoms with Gasteiger partial charge >= 0.3 is 6.18 Å². The molecule has 1 aliphatic rings. The highest BCUT2D eigenvalue weighted by Gasteiger charge is 2.30. The number of nitrogens with one attached hydrogen (secondary N) is 1. The van der Waals surface area contributed by atoms with Gasteiger partial charge in [0.15, 0.2) is 17.4 Å². The smallest absolute Gasteiger partial charge is 0.378 e. The summed E-state index contributed by atoms with van der Waals surface area (Å²) in [5.41, 5.74) is 0.121. The molecule has 11 heteroatoms. The summed E-state index contributed by atoms with van der Waals surface area (Å²) in [6.07, 6.45) is -1.68. The second-order valence-corrected chi connectivity index (χ2v) is 7.62. The lowest BCUT2D eigenvalue weighted by molar-refractivity contribution is -0.137. The van der Waals surface area contributed by atoms with Crippen molar-refractivity contribution in [2.75, 3.05) is 36.5 Å². The second-order valence-electron chi connectivity index (χ2n) is 7.62. The zero-order valence-electron chi connectivity index (χ0n) is 18.0. The number of nitrogens with zero attached hydrogens (tertiary/aromatic N) is 4. The average Bonchev–Trinajstić information content (AvgIpc) is 2.84. The van der Waals surface area contributed by atoms with E-state index in [0.29, 0.717) is 37.8 Å². The Morgan fingerprint density at radius 2 is 1.85 bits per heavy atom. The quantitative estimate of drug-likeness (QED) is 0.400. The zero-order chi connectivity index (χ0) is 24.1. The molecule has 1 N–H and O–H groups in total. The van der Waals surface area contributed by atoms with Gasteiger partial charge in [0.1, 0.15) is 11.5 Å². The molecule has 1 aliphatic heterocycles. The van der Waals surface area contributed by atoms with Crippen molar-refractivity contribution in [3.63, 3.8) is 0 Å². The summed E-state index contributed by atoms with van der Waals surface area (Å²) < 4.78 is 58.0. The Balaban J connectivity index is 1.36. The van der Waals surface area contributed by atoms with Crippen molar-refractivity contribution in [1.82, 2.24) is 15.0 Å². The molecule has 178 valence electrons. The Kier molecular flexibility index (Phi) is 7.01. The largest absolute Gasteiger partial charge is 0.416 e. The SMILES string of the molecule is O=C(CCc1ncc(F)c(N2CCOCC2)n1)c1ccc(Nc2cccc(C(F)(F)F)c2)cn1. The summed E-state index contributed by atoms with van der Waals surface area (Å²) in [6.45, 7) is 2.03. The van der Waals surface area contributed by atoms with Crippen LogP contribution in [0.1, 0.15) is 28.3 Å². The van der Waals surface area contributed by atoms with E-state index in [4.69, 9.17) is 4.74 Å². The fourth-order valence-corrected chi connectivity index (χ4v) is 3.44. The molecule has 4 rings (SSSR count). The van der Waals surface area contributed by atoms with Gasteiger partial charge in [0.2, 0.25) is 0 Å². The van der Waals surface area contributed by atoms with Gasteiger partial charge in [-0.25, -0.2) is 14.4 Å². The summed E-state index contributed by atoms with van der Waals surface area (Å²) in [4.78, 5) is 26.7. The van der Waals surface area contributed by atoms with Crippen LogP contribution in [0.15, 0.2) is 48.8 Å². The summed E-state index contributed by atoms with van der Waals surface area (Å²) in [5, 5.41) is 2.84. The molecule has 0 radical (unpaired) electrons. The van der Waals surface area contributed by atoms with Crippen LogP contribution in [0, 0.1) is 5.82 Å². The second kappa shape index (κ2) is 10.1. The van der Waals surface area contributed by atoms with Crippen molar-refractivity contribution in [2.45, 2.75) is 19.0 Å². The third kappa shape index (κ3) is 5.84. The first-order chi connectivity index (χ1) is 16.3. The van der Waals surface area contributed by atoms with Crippen LogP contribution < -0.4 is 10.2 Å². The number of hydrogen-bond donors (Lipinski definition) is 1. The molecular weight excluding hydrogens is 454 g/mol. The van der Waals surface area contributed by atoms with Crippen molar-refractivity contribution in [2.24, 2.45) is 0 Å². The van der Waals surface area contributed by atoms with Crippen molar-refractivity contribution in [3.05, 3.63) is 71.7 Å². The summed E-state index contributed by atoms with van der Waals surface area (Å²) in [5.74, 6) is -0.239. The van der Waals surface area contributed by atoms with Gasteiger partial charge in [-0.2, -0.15) is 13.2 Å². The lowest BCUT2D eigenvalue weighted by Crippen LogP contribution is -2.37. The van der Waals surface area contributed by atoms with Gasteiger partial charge in [0, 0.05) is 31.6 Å². The first kappa shape index (κ1) is 23.6. The molecule has 34 heavy (non-hydrogen) atoms. The summed E-state index contributed by atoms with van der Waals surface area (Å²) in [7, 11) is 0. The molecular formula is C23H21F4N5O2. The molecule has 3 aromatic rings. The number of hydrogen-bond acceptors (Lipinski definition) is 7. The number of alkyl halides is 3. The normalized spacial score (nSPS) is 14.2.